The third kappa shape index (κ3) is 3.41. The number of benzene rings is 1. The van der Waals surface area contributed by atoms with Crippen LogP contribution in [-0.4, -0.2) is 26.1 Å². The minimum Gasteiger partial charge on any atom is -0.504 e. The molecule has 0 aliphatic carbocycles. The number of hydrogen-bond donors (Lipinski definition) is 2. The second-order valence-corrected chi connectivity index (χ2v) is 4.79. The Hall–Kier alpha value is -3.06. The predicted octanol–water partition coefficient (Wildman–Crippen LogP) is 3.63. The summed E-state index contributed by atoms with van der Waals surface area (Å²) in [6.45, 7) is 0. The van der Waals surface area contributed by atoms with Gasteiger partial charge in [-0.25, -0.2) is 4.98 Å². The van der Waals surface area contributed by atoms with Crippen LogP contribution in [0.25, 0.3) is 5.76 Å². The molecule has 0 radical (unpaired) electrons. The van der Waals surface area contributed by atoms with Gasteiger partial charge in [-0.3, -0.25) is 9.89 Å². The molecule has 7 nitrogen and oxygen atoms in total. The zero-order valence-corrected chi connectivity index (χ0v) is 12.3. The fourth-order valence-corrected chi connectivity index (χ4v) is 1.91. The Bertz CT molecular complexity index is 855. The van der Waals surface area contributed by atoms with E-state index in [0.29, 0.717) is 10.8 Å². The summed E-state index contributed by atoms with van der Waals surface area (Å²) in [6.07, 6.45) is 2.19. The molecule has 0 aliphatic rings. The van der Waals surface area contributed by atoms with Gasteiger partial charge in [0.1, 0.15) is 12.1 Å². The first kappa shape index (κ1) is 14.9. The Kier molecular flexibility index (Phi) is 4.11. The first-order valence-corrected chi connectivity index (χ1v) is 6.84. The van der Waals surface area contributed by atoms with E-state index in [1.54, 1.807) is 24.3 Å². The van der Waals surface area contributed by atoms with E-state index in [1.165, 1.54) is 18.5 Å². The number of H-pyrrole nitrogens is 1. The number of para-hydroxylation sites is 1. The SMILES string of the molecule is O=C(C=C(O)c1ncn[nH]1)c1ccc(Oc2ccccc2Cl)o1. The second-order valence-electron chi connectivity index (χ2n) is 4.38. The van der Waals surface area contributed by atoms with Gasteiger partial charge in [0.15, 0.2) is 17.3 Å². The lowest BCUT2D eigenvalue weighted by molar-refractivity contribution is 0.101. The molecule has 0 amide bonds. The highest BCUT2D eigenvalue weighted by atomic mass is 35.5. The Balaban J connectivity index is 1.75. The lowest BCUT2D eigenvalue weighted by Crippen LogP contribution is -1.95. The summed E-state index contributed by atoms with van der Waals surface area (Å²) >= 11 is 5.98. The number of ketones is 1. The molecule has 0 unspecified atom stereocenters. The van der Waals surface area contributed by atoms with E-state index in [-0.39, 0.29) is 23.3 Å². The number of hydrogen-bond acceptors (Lipinski definition) is 6. The Labute approximate surface area is 135 Å². The number of nitrogens with one attached hydrogen (secondary N) is 1. The summed E-state index contributed by atoms with van der Waals surface area (Å²) in [5, 5.41) is 16.2. The Morgan fingerprint density at radius 1 is 1.30 bits per heavy atom. The molecule has 0 aliphatic heterocycles. The van der Waals surface area contributed by atoms with Gasteiger partial charge < -0.3 is 14.3 Å². The number of aromatic nitrogens is 3. The lowest BCUT2D eigenvalue weighted by atomic mass is 10.2. The number of aliphatic hydroxyl groups excluding tert-OH is 1. The van der Waals surface area contributed by atoms with Gasteiger partial charge in [-0.1, -0.05) is 23.7 Å². The number of aliphatic hydroxyl groups is 1. The molecule has 2 N–H and O–H groups in total. The van der Waals surface area contributed by atoms with Crippen molar-refractivity contribution in [3.8, 4) is 11.7 Å². The lowest BCUT2D eigenvalue weighted by Gasteiger charge is -2.03. The molecule has 3 rings (SSSR count). The van der Waals surface area contributed by atoms with Gasteiger partial charge in [-0.15, -0.1) is 0 Å². The third-order valence-corrected chi connectivity index (χ3v) is 3.11. The van der Waals surface area contributed by atoms with Crippen LogP contribution in [0.1, 0.15) is 16.4 Å². The van der Waals surface area contributed by atoms with Gasteiger partial charge in [0.05, 0.1) is 5.02 Å². The highest BCUT2D eigenvalue weighted by Crippen LogP contribution is 2.30. The van der Waals surface area contributed by atoms with E-state index >= 15 is 0 Å². The quantitative estimate of drug-likeness (QED) is 0.420. The van der Waals surface area contributed by atoms with E-state index in [4.69, 9.17) is 20.8 Å². The van der Waals surface area contributed by atoms with Crippen molar-refractivity contribution in [2.24, 2.45) is 0 Å². The van der Waals surface area contributed by atoms with Gasteiger partial charge in [0.2, 0.25) is 5.78 Å². The smallest absolute Gasteiger partial charge is 0.290 e. The minimum atomic E-state index is -0.548. The largest absolute Gasteiger partial charge is 0.504 e. The molecule has 0 saturated carbocycles. The third-order valence-electron chi connectivity index (χ3n) is 2.80. The topological polar surface area (TPSA) is 101 Å². The number of nitrogens with zero attached hydrogens (tertiary/aromatic N) is 2. The first-order valence-electron chi connectivity index (χ1n) is 6.46. The molecule has 1 aromatic carbocycles. The summed E-state index contributed by atoms with van der Waals surface area (Å²) in [6, 6.07) is 9.78. The van der Waals surface area contributed by atoms with Crippen molar-refractivity contribution in [2.45, 2.75) is 0 Å². The fourth-order valence-electron chi connectivity index (χ4n) is 1.74. The Morgan fingerprint density at radius 2 is 2.13 bits per heavy atom. The molecular formula is C15H10ClN3O4. The van der Waals surface area contributed by atoms with E-state index < -0.39 is 5.78 Å². The zero-order valence-electron chi connectivity index (χ0n) is 11.6. The first-order chi connectivity index (χ1) is 11.1. The van der Waals surface area contributed by atoms with Crippen LogP contribution < -0.4 is 4.74 Å². The number of carbonyl (C=O) groups is 1. The van der Waals surface area contributed by atoms with Crippen LogP contribution in [-0.2, 0) is 0 Å². The standard InChI is InChI=1S/C15H10ClN3O4/c16-9-3-1-2-4-12(9)22-14-6-5-13(23-14)10(20)7-11(21)15-17-8-18-19-15/h1-8,21H,(H,17,18,19). The highest BCUT2D eigenvalue weighted by molar-refractivity contribution is 6.32. The number of halogens is 1. The summed E-state index contributed by atoms with van der Waals surface area (Å²) in [5.74, 6) is -0.308. The number of rotatable bonds is 5. The highest BCUT2D eigenvalue weighted by Gasteiger charge is 2.13. The minimum absolute atomic E-state index is 0.00174. The van der Waals surface area contributed by atoms with E-state index in [1.807, 2.05) is 0 Å². The number of carbonyl (C=O) groups excluding carboxylic acids is 1. The maximum atomic E-state index is 12.0. The normalized spacial score (nSPS) is 11.4. The summed E-state index contributed by atoms with van der Waals surface area (Å²) < 4.78 is 10.7. The molecule has 8 heteroatoms. The fraction of sp³-hybridized carbons (Fsp3) is 0. The molecule has 0 spiro atoms. The summed E-state index contributed by atoms with van der Waals surface area (Å²) in [7, 11) is 0. The number of ether oxygens (including phenoxy) is 1. The number of allylic oxidation sites excluding steroid dienone is 1. The van der Waals surface area contributed by atoms with Gasteiger partial charge in [0.25, 0.3) is 5.95 Å². The van der Waals surface area contributed by atoms with E-state index in [9.17, 15) is 9.90 Å². The molecule has 3 aromatic rings. The maximum Gasteiger partial charge on any atom is 0.290 e. The zero-order chi connectivity index (χ0) is 16.2. The van der Waals surface area contributed by atoms with Crippen LogP contribution in [0, 0.1) is 0 Å². The summed E-state index contributed by atoms with van der Waals surface area (Å²) in [5.41, 5.74) is 0. The molecule has 23 heavy (non-hydrogen) atoms. The molecule has 0 bridgehead atoms. The average Bonchev–Trinajstić information content (AvgIpc) is 3.21. The van der Waals surface area contributed by atoms with E-state index in [2.05, 4.69) is 15.2 Å². The predicted molar refractivity (Wildman–Crippen MR) is 81.6 cm³/mol. The Morgan fingerprint density at radius 3 is 2.87 bits per heavy atom. The van der Waals surface area contributed by atoms with Gasteiger partial charge in [-0.05, 0) is 18.2 Å². The second kappa shape index (κ2) is 6.37. The molecule has 2 heterocycles. The molecule has 0 saturated heterocycles. The van der Waals surface area contributed by atoms with Crippen molar-refractivity contribution in [1.82, 2.24) is 15.2 Å². The summed E-state index contributed by atoms with van der Waals surface area (Å²) in [4.78, 5) is 15.7. The van der Waals surface area contributed by atoms with Crippen molar-refractivity contribution in [3.05, 3.63) is 65.4 Å². The van der Waals surface area contributed by atoms with E-state index in [0.717, 1.165) is 6.08 Å². The number of furan rings is 1. The van der Waals surface area contributed by atoms with Crippen LogP contribution in [0.3, 0.4) is 0 Å². The van der Waals surface area contributed by atoms with Crippen molar-refractivity contribution < 1.29 is 19.1 Å². The number of aromatic amines is 1. The molecule has 0 atom stereocenters. The van der Waals surface area contributed by atoms with Crippen LogP contribution in [0.4, 0.5) is 0 Å². The van der Waals surface area contributed by atoms with Crippen LogP contribution >= 0.6 is 11.6 Å². The molecule has 2 aromatic heterocycles. The van der Waals surface area contributed by atoms with Gasteiger partial charge >= 0.3 is 0 Å². The van der Waals surface area contributed by atoms with Crippen LogP contribution in [0.15, 0.2) is 53.2 Å². The maximum absolute atomic E-state index is 12.0. The van der Waals surface area contributed by atoms with Crippen molar-refractivity contribution >= 4 is 23.1 Å². The van der Waals surface area contributed by atoms with Crippen molar-refractivity contribution in [1.29, 1.82) is 0 Å². The molecular weight excluding hydrogens is 322 g/mol. The van der Waals surface area contributed by atoms with Gasteiger partial charge in [-0.2, -0.15) is 5.10 Å². The molecule has 0 fully saturated rings. The van der Waals surface area contributed by atoms with Crippen LogP contribution in [0.5, 0.6) is 11.7 Å². The van der Waals surface area contributed by atoms with Crippen molar-refractivity contribution in [2.75, 3.05) is 0 Å². The van der Waals surface area contributed by atoms with Crippen molar-refractivity contribution in [3.63, 3.8) is 0 Å². The average molecular weight is 332 g/mol. The monoisotopic (exact) mass is 331 g/mol. The van der Waals surface area contributed by atoms with Crippen LogP contribution in [0.2, 0.25) is 5.02 Å². The van der Waals surface area contributed by atoms with Gasteiger partial charge in [0, 0.05) is 12.1 Å². The molecule has 116 valence electrons.